The highest BCUT2D eigenvalue weighted by atomic mass is 32.1. The van der Waals surface area contributed by atoms with E-state index in [-0.39, 0.29) is 11.5 Å². The zero-order valence-corrected chi connectivity index (χ0v) is 11.9. The van der Waals surface area contributed by atoms with Crippen molar-refractivity contribution in [3.8, 4) is 11.5 Å². The monoisotopic (exact) mass is 300 g/mol. The summed E-state index contributed by atoms with van der Waals surface area (Å²) in [5, 5.41) is 24.8. The Hall–Kier alpha value is -2.67. The number of benzene rings is 1. The number of phenolic OH excluding ortho intramolecular Hbond substituents is 2. The molecule has 0 bridgehead atoms. The van der Waals surface area contributed by atoms with E-state index in [1.807, 2.05) is 12.3 Å². The second kappa shape index (κ2) is 5.37. The molecule has 0 spiro atoms. The number of phenols is 2. The number of thiophene rings is 1. The van der Waals surface area contributed by atoms with Crippen molar-refractivity contribution in [1.29, 1.82) is 0 Å². The van der Waals surface area contributed by atoms with Gasteiger partial charge in [0.25, 0.3) is 0 Å². The van der Waals surface area contributed by atoms with Gasteiger partial charge in [0.05, 0.1) is 16.4 Å². The highest BCUT2D eigenvalue weighted by molar-refractivity contribution is 7.18. The van der Waals surface area contributed by atoms with Crippen molar-refractivity contribution in [2.75, 3.05) is 5.43 Å². The van der Waals surface area contributed by atoms with Crippen LogP contribution in [0.15, 0.2) is 35.0 Å². The first kappa shape index (κ1) is 13.3. The molecule has 0 aliphatic rings. The molecule has 1 aromatic carbocycles. The van der Waals surface area contributed by atoms with Crippen molar-refractivity contribution in [2.45, 2.75) is 6.92 Å². The van der Waals surface area contributed by atoms with E-state index < -0.39 is 0 Å². The van der Waals surface area contributed by atoms with Crippen LogP contribution in [0, 0.1) is 6.92 Å². The lowest BCUT2D eigenvalue weighted by atomic mass is 10.2. The van der Waals surface area contributed by atoms with E-state index in [4.69, 9.17) is 0 Å². The number of rotatable bonds is 3. The number of nitrogens with one attached hydrogen (secondary N) is 1. The molecule has 0 aliphatic heterocycles. The van der Waals surface area contributed by atoms with Gasteiger partial charge in [-0.2, -0.15) is 5.10 Å². The van der Waals surface area contributed by atoms with Crippen LogP contribution in [0.2, 0.25) is 0 Å². The van der Waals surface area contributed by atoms with Gasteiger partial charge in [-0.25, -0.2) is 9.97 Å². The molecule has 106 valence electrons. The molecule has 0 aliphatic carbocycles. The summed E-state index contributed by atoms with van der Waals surface area (Å²) in [5.74, 6) is 0.293. The fourth-order valence-electron chi connectivity index (χ4n) is 1.84. The second-order valence-corrected chi connectivity index (χ2v) is 5.32. The van der Waals surface area contributed by atoms with Crippen LogP contribution in [-0.2, 0) is 0 Å². The molecule has 0 saturated heterocycles. The van der Waals surface area contributed by atoms with Crippen LogP contribution in [-0.4, -0.2) is 26.4 Å². The minimum absolute atomic E-state index is 0.160. The van der Waals surface area contributed by atoms with Crippen LogP contribution in [0.1, 0.15) is 11.1 Å². The summed E-state index contributed by atoms with van der Waals surface area (Å²) in [6, 6.07) is 4.47. The molecule has 2 aromatic heterocycles. The summed E-state index contributed by atoms with van der Waals surface area (Å²) < 4.78 is 0.945. The van der Waals surface area contributed by atoms with Crippen LogP contribution >= 0.6 is 11.3 Å². The average molecular weight is 300 g/mol. The lowest BCUT2D eigenvalue weighted by Gasteiger charge is -2.01. The summed E-state index contributed by atoms with van der Waals surface area (Å²) in [7, 11) is 0. The number of aryl methyl sites for hydroxylation is 1. The summed E-state index contributed by atoms with van der Waals surface area (Å²) in [5.41, 5.74) is 5.54. The average Bonchev–Trinajstić information content (AvgIpc) is 2.86. The number of hydrogen-bond acceptors (Lipinski definition) is 7. The quantitative estimate of drug-likeness (QED) is 0.393. The van der Waals surface area contributed by atoms with Crippen molar-refractivity contribution >= 4 is 33.6 Å². The molecule has 3 rings (SSSR count). The largest absolute Gasteiger partial charge is 0.504 e. The van der Waals surface area contributed by atoms with E-state index in [9.17, 15) is 10.2 Å². The van der Waals surface area contributed by atoms with Crippen LogP contribution < -0.4 is 5.43 Å². The summed E-state index contributed by atoms with van der Waals surface area (Å²) in [6.45, 7) is 2.00. The molecule has 0 fully saturated rings. The van der Waals surface area contributed by atoms with Crippen molar-refractivity contribution in [2.24, 2.45) is 5.10 Å². The molecule has 3 aromatic rings. The first-order valence-corrected chi connectivity index (χ1v) is 7.03. The van der Waals surface area contributed by atoms with E-state index in [0.29, 0.717) is 11.4 Å². The normalized spacial score (nSPS) is 11.3. The van der Waals surface area contributed by atoms with Gasteiger partial charge in [-0.05, 0) is 41.6 Å². The molecule has 21 heavy (non-hydrogen) atoms. The Labute approximate surface area is 124 Å². The van der Waals surface area contributed by atoms with Crippen LogP contribution in [0.5, 0.6) is 11.5 Å². The Morgan fingerprint density at radius 3 is 2.90 bits per heavy atom. The smallest absolute Gasteiger partial charge is 0.167 e. The van der Waals surface area contributed by atoms with E-state index in [1.54, 1.807) is 17.4 Å². The third kappa shape index (κ3) is 2.63. The maximum atomic E-state index is 9.41. The highest BCUT2D eigenvalue weighted by Gasteiger charge is 2.06. The third-order valence-electron chi connectivity index (χ3n) is 2.91. The molecule has 0 amide bonds. The maximum Gasteiger partial charge on any atom is 0.167 e. The summed E-state index contributed by atoms with van der Waals surface area (Å²) >= 11 is 1.56. The van der Waals surface area contributed by atoms with Gasteiger partial charge in [-0.3, -0.25) is 5.43 Å². The van der Waals surface area contributed by atoms with E-state index in [1.165, 1.54) is 24.7 Å². The molecule has 3 N–H and O–H groups in total. The Kier molecular flexibility index (Phi) is 3.41. The maximum absolute atomic E-state index is 9.41. The number of hydrazone groups is 1. The Balaban J connectivity index is 1.82. The predicted octanol–water partition coefficient (Wildman–Crippen LogP) is 2.86. The summed E-state index contributed by atoms with van der Waals surface area (Å²) in [4.78, 5) is 8.40. The number of aromatic nitrogens is 2. The molecule has 0 unspecified atom stereocenters. The molecule has 6 nitrogen and oxygen atoms in total. The van der Waals surface area contributed by atoms with E-state index in [2.05, 4.69) is 20.5 Å². The fraction of sp³-hybridized carbons (Fsp3) is 0.0714. The lowest BCUT2D eigenvalue weighted by Crippen LogP contribution is -1.94. The van der Waals surface area contributed by atoms with Crippen LogP contribution in [0.25, 0.3) is 10.2 Å². The molecule has 0 saturated carbocycles. The Morgan fingerprint density at radius 1 is 1.24 bits per heavy atom. The minimum atomic E-state index is -0.183. The molecule has 2 heterocycles. The van der Waals surface area contributed by atoms with Crippen molar-refractivity contribution in [1.82, 2.24) is 9.97 Å². The van der Waals surface area contributed by atoms with Gasteiger partial charge in [0.1, 0.15) is 6.33 Å². The number of fused-ring (bicyclic) bond motifs is 1. The number of nitrogens with zero attached hydrogens (tertiary/aromatic N) is 3. The summed E-state index contributed by atoms with van der Waals surface area (Å²) in [6.07, 6.45) is 3.03. The van der Waals surface area contributed by atoms with Crippen molar-refractivity contribution < 1.29 is 10.2 Å². The van der Waals surface area contributed by atoms with Crippen molar-refractivity contribution in [3.05, 3.63) is 41.0 Å². The zero-order valence-electron chi connectivity index (χ0n) is 11.1. The predicted molar refractivity (Wildman–Crippen MR) is 83.1 cm³/mol. The van der Waals surface area contributed by atoms with Gasteiger partial charge in [0, 0.05) is 0 Å². The molecule has 7 heteroatoms. The fourth-order valence-corrected chi connectivity index (χ4v) is 2.78. The number of aromatic hydroxyl groups is 2. The molecular weight excluding hydrogens is 288 g/mol. The van der Waals surface area contributed by atoms with Gasteiger partial charge in [0.15, 0.2) is 17.3 Å². The van der Waals surface area contributed by atoms with Gasteiger partial charge in [0.2, 0.25) is 0 Å². The van der Waals surface area contributed by atoms with Crippen LogP contribution in [0.3, 0.4) is 0 Å². The standard InChI is InChI=1S/C14H12N4O2S/c1-8-6-21-13-12(8)15-7-16-14(13)18-17-5-9-2-3-10(19)11(20)4-9/h2-7,19-20H,1H3,(H,15,16,18)/b17-5+. The Morgan fingerprint density at radius 2 is 2.10 bits per heavy atom. The van der Waals surface area contributed by atoms with Crippen LogP contribution in [0.4, 0.5) is 5.82 Å². The highest BCUT2D eigenvalue weighted by Crippen LogP contribution is 2.28. The molecule has 0 radical (unpaired) electrons. The van der Waals surface area contributed by atoms with E-state index in [0.717, 1.165) is 15.8 Å². The minimum Gasteiger partial charge on any atom is -0.504 e. The van der Waals surface area contributed by atoms with Gasteiger partial charge in [-0.15, -0.1) is 11.3 Å². The SMILES string of the molecule is Cc1csc2c(N/N=C/c3ccc(O)c(O)c3)ncnc12. The molecule has 0 atom stereocenters. The Bertz CT molecular complexity index is 829. The van der Waals surface area contributed by atoms with Gasteiger partial charge >= 0.3 is 0 Å². The van der Waals surface area contributed by atoms with Gasteiger partial charge < -0.3 is 10.2 Å². The first-order chi connectivity index (χ1) is 10.1. The first-order valence-electron chi connectivity index (χ1n) is 6.15. The van der Waals surface area contributed by atoms with Crippen molar-refractivity contribution in [3.63, 3.8) is 0 Å². The zero-order chi connectivity index (χ0) is 14.8. The third-order valence-corrected chi connectivity index (χ3v) is 4.01. The number of hydrogen-bond donors (Lipinski definition) is 3. The molecular formula is C14H12N4O2S. The number of anilines is 1. The van der Waals surface area contributed by atoms with Gasteiger partial charge in [-0.1, -0.05) is 0 Å². The topological polar surface area (TPSA) is 90.6 Å². The second-order valence-electron chi connectivity index (χ2n) is 4.44. The lowest BCUT2D eigenvalue weighted by molar-refractivity contribution is 0.403. The van der Waals surface area contributed by atoms with E-state index >= 15 is 0 Å².